The number of nitrogens with zero attached hydrogens (tertiary/aromatic N) is 2. The zero-order valence-corrected chi connectivity index (χ0v) is 11.6. The van der Waals surface area contributed by atoms with Crippen LogP contribution in [0.5, 0.6) is 0 Å². The molecule has 0 spiro atoms. The van der Waals surface area contributed by atoms with E-state index in [1.807, 2.05) is 0 Å². The Hall–Kier alpha value is -2.11. The normalized spacial score (nSPS) is 18.1. The summed E-state index contributed by atoms with van der Waals surface area (Å²) in [6.45, 7) is 0.528. The lowest BCUT2D eigenvalue weighted by atomic mass is 10.1. The molecule has 2 rings (SSSR count). The molecule has 1 unspecified atom stereocenters. The fourth-order valence-corrected chi connectivity index (χ4v) is 2.41. The largest absolute Gasteiger partial charge is 0.396 e. The molecule has 1 heterocycles. The van der Waals surface area contributed by atoms with E-state index in [0.29, 0.717) is 18.5 Å². The Morgan fingerprint density at radius 2 is 2.10 bits per heavy atom. The second-order valence-corrected chi connectivity index (χ2v) is 5.13. The van der Waals surface area contributed by atoms with E-state index in [9.17, 15) is 14.0 Å². The third-order valence-corrected chi connectivity index (χ3v) is 3.48. The van der Waals surface area contributed by atoms with Crippen molar-refractivity contribution in [2.45, 2.75) is 18.9 Å². The molecule has 0 bridgehead atoms. The number of hydrogen-bond acceptors (Lipinski definition) is 3. The second-order valence-electron chi connectivity index (χ2n) is 5.13. The fraction of sp³-hybridized carbons (Fsp3) is 0.429. The summed E-state index contributed by atoms with van der Waals surface area (Å²) >= 11 is 0. The maximum atomic E-state index is 13.1. The topological polar surface area (TPSA) is 66.6 Å². The molecule has 6 heteroatoms. The molecule has 1 saturated heterocycles. The molecule has 0 aromatic heterocycles. The van der Waals surface area contributed by atoms with E-state index in [0.717, 1.165) is 6.42 Å². The van der Waals surface area contributed by atoms with Gasteiger partial charge in [-0.05, 0) is 31.0 Å². The first-order valence-electron chi connectivity index (χ1n) is 6.49. The van der Waals surface area contributed by atoms with Gasteiger partial charge in [-0.3, -0.25) is 9.59 Å². The van der Waals surface area contributed by atoms with Gasteiger partial charge in [-0.15, -0.1) is 0 Å². The maximum absolute atomic E-state index is 13.1. The lowest BCUT2D eigenvalue weighted by molar-refractivity contribution is -0.132. The minimum atomic E-state index is -0.552. The number of amides is 2. The van der Waals surface area contributed by atoms with Crippen molar-refractivity contribution in [3.05, 3.63) is 29.6 Å². The summed E-state index contributed by atoms with van der Waals surface area (Å²) < 4.78 is 13.1. The van der Waals surface area contributed by atoms with Crippen LogP contribution in [0.4, 0.5) is 10.1 Å². The number of rotatable bonds is 2. The Kier molecular flexibility index (Phi) is 3.92. The van der Waals surface area contributed by atoms with Crippen LogP contribution in [-0.4, -0.2) is 48.3 Å². The number of nitrogen functional groups attached to an aromatic ring is 1. The molecule has 2 N–H and O–H groups in total. The number of anilines is 1. The lowest BCUT2D eigenvalue weighted by Gasteiger charge is -2.26. The fourth-order valence-electron chi connectivity index (χ4n) is 2.41. The Labute approximate surface area is 117 Å². The number of hydrogen-bond donors (Lipinski definition) is 1. The van der Waals surface area contributed by atoms with Gasteiger partial charge in [0, 0.05) is 26.2 Å². The Balaban J connectivity index is 2.23. The van der Waals surface area contributed by atoms with E-state index < -0.39 is 11.9 Å². The van der Waals surface area contributed by atoms with Gasteiger partial charge in [-0.2, -0.15) is 0 Å². The lowest BCUT2D eigenvalue weighted by Crippen LogP contribution is -2.45. The molecule has 1 fully saturated rings. The first-order chi connectivity index (χ1) is 9.41. The Morgan fingerprint density at radius 3 is 2.70 bits per heavy atom. The van der Waals surface area contributed by atoms with Crippen molar-refractivity contribution < 1.29 is 14.0 Å². The number of likely N-dealkylation sites (tertiary alicyclic amines) is 1. The molecular formula is C14H18FN3O2. The van der Waals surface area contributed by atoms with E-state index in [1.165, 1.54) is 28.0 Å². The molecule has 0 saturated carbocycles. The van der Waals surface area contributed by atoms with E-state index in [1.54, 1.807) is 14.1 Å². The van der Waals surface area contributed by atoms with Gasteiger partial charge in [0.1, 0.15) is 11.9 Å². The predicted molar refractivity (Wildman–Crippen MR) is 73.6 cm³/mol. The minimum absolute atomic E-state index is 0.0643. The maximum Gasteiger partial charge on any atom is 0.254 e. The third-order valence-electron chi connectivity index (χ3n) is 3.48. The van der Waals surface area contributed by atoms with Crippen LogP contribution in [-0.2, 0) is 4.79 Å². The second kappa shape index (κ2) is 5.48. The van der Waals surface area contributed by atoms with Crippen LogP contribution in [0.15, 0.2) is 18.2 Å². The zero-order valence-electron chi connectivity index (χ0n) is 11.6. The van der Waals surface area contributed by atoms with Gasteiger partial charge in [0.15, 0.2) is 0 Å². The summed E-state index contributed by atoms with van der Waals surface area (Å²) in [5, 5.41) is 0. The summed E-state index contributed by atoms with van der Waals surface area (Å²) in [5.74, 6) is -0.927. The van der Waals surface area contributed by atoms with Gasteiger partial charge >= 0.3 is 0 Å². The number of carbonyl (C=O) groups is 2. The first-order valence-corrected chi connectivity index (χ1v) is 6.49. The van der Waals surface area contributed by atoms with Crippen LogP contribution in [0, 0.1) is 5.82 Å². The van der Waals surface area contributed by atoms with Crippen molar-refractivity contribution in [1.82, 2.24) is 9.80 Å². The summed E-state index contributed by atoms with van der Waals surface area (Å²) in [5.41, 5.74) is 5.72. The van der Waals surface area contributed by atoms with Crippen molar-refractivity contribution >= 4 is 17.5 Å². The van der Waals surface area contributed by atoms with Gasteiger partial charge < -0.3 is 15.5 Å². The number of benzene rings is 1. The quantitative estimate of drug-likeness (QED) is 0.824. The van der Waals surface area contributed by atoms with Crippen LogP contribution in [0.2, 0.25) is 0 Å². The van der Waals surface area contributed by atoms with E-state index in [2.05, 4.69) is 0 Å². The summed E-state index contributed by atoms with van der Waals surface area (Å²) in [4.78, 5) is 27.5. The molecule has 1 aliphatic heterocycles. The molecular weight excluding hydrogens is 261 g/mol. The predicted octanol–water partition coefficient (Wildman–Crippen LogP) is 1.10. The van der Waals surface area contributed by atoms with Crippen LogP contribution < -0.4 is 5.73 Å². The highest BCUT2D eigenvalue weighted by Gasteiger charge is 2.35. The molecule has 108 valence electrons. The van der Waals surface area contributed by atoms with Gasteiger partial charge in [0.05, 0.1) is 5.69 Å². The van der Waals surface area contributed by atoms with Crippen LogP contribution in [0.3, 0.4) is 0 Å². The number of halogens is 1. The number of carbonyl (C=O) groups excluding carboxylic acids is 2. The average Bonchev–Trinajstić information content (AvgIpc) is 2.89. The molecule has 1 aliphatic rings. The van der Waals surface area contributed by atoms with Crippen LogP contribution in [0.25, 0.3) is 0 Å². The van der Waals surface area contributed by atoms with Crippen LogP contribution >= 0.6 is 0 Å². The smallest absolute Gasteiger partial charge is 0.254 e. The summed E-state index contributed by atoms with van der Waals surface area (Å²) in [6, 6.07) is 3.43. The molecule has 2 amide bonds. The molecule has 5 nitrogen and oxygen atoms in total. The molecule has 1 aromatic carbocycles. The minimum Gasteiger partial charge on any atom is -0.396 e. The van der Waals surface area contributed by atoms with Crippen molar-refractivity contribution in [1.29, 1.82) is 0 Å². The number of nitrogens with two attached hydrogens (primary N) is 1. The molecule has 20 heavy (non-hydrogen) atoms. The van der Waals surface area contributed by atoms with Gasteiger partial charge in [0.25, 0.3) is 5.91 Å². The molecule has 0 radical (unpaired) electrons. The van der Waals surface area contributed by atoms with Crippen molar-refractivity contribution in [2.75, 3.05) is 26.4 Å². The van der Waals surface area contributed by atoms with Crippen molar-refractivity contribution in [3.63, 3.8) is 0 Å². The number of likely N-dealkylation sites (N-methyl/N-ethyl adjacent to an activating group) is 1. The highest BCUT2D eigenvalue weighted by atomic mass is 19.1. The van der Waals surface area contributed by atoms with Gasteiger partial charge in [0.2, 0.25) is 5.91 Å². The van der Waals surface area contributed by atoms with E-state index in [-0.39, 0.29) is 17.5 Å². The monoisotopic (exact) mass is 279 g/mol. The molecule has 1 aromatic rings. The SMILES string of the molecule is CN(C)C(=O)C1CCCN1C(=O)c1ccc(F)c(N)c1. The first kappa shape index (κ1) is 14.3. The summed E-state index contributed by atoms with van der Waals surface area (Å²) in [6.07, 6.45) is 1.44. The van der Waals surface area contributed by atoms with E-state index >= 15 is 0 Å². The van der Waals surface area contributed by atoms with Crippen molar-refractivity contribution in [3.8, 4) is 0 Å². The van der Waals surface area contributed by atoms with Crippen molar-refractivity contribution in [2.24, 2.45) is 0 Å². The van der Waals surface area contributed by atoms with Gasteiger partial charge in [-0.1, -0.05) is 0 Å². The highest BCUT2D eigenvalue weighted by molar-refractivity contribution is 5.98. The highest BCUT2D eigenvalue weighted by Crippen LogP contribution is 2.22. The summed E-state index contributed by atoms with van der Waals surface area (Å²) in [7, 11) is 3.33. The van der Waals surface area contributed by atoms with Gasteiger partial charge in [-0.25, -0.2) is 4.39 Å². The zero-order chi connectivity index (χ0) is 14.9. The Bertz CT molecular complexity index is 545. The molecule has 1 atom stereocenters. The van der Waals surface area contributed by atoms with Crippen LogP contribution in [0.1, 0.15) is 23.2 Å². The standard InChI is InChI=1S/C14H18FN3O2/c1-17(2)14(20)12-4-3-7-18(12)13(19)9-5-6-10(15)11(16)8-9/h5-6,8,12H,3-4,7,16H2,1-2H3. The Morgan fingerprint density at radius 1 is 1.40 bits per heavy atom. The van der Waals surface area contributed by atoms with E-state index in [4.69, 9.17) is 5.73 Å². The average molecular weight is 279 g/mol. The third kappa shape index (κ3) is 2.59. The molecule has 0 aliphatic carbocycles.